The predicted octanol–water partition coefficient (Wildman–Crippen LogP) is 5.52. The fraction of sp³-hybridized carbons (Fsp3) is 0.323. The highest BCUT2D eigenvalue weighted by Crippen LogP contribution is 2.34. The number of nitrogens with one attached hydrogen (secondary N) is 1. The Labute approximate surface area is 227 Å². The first-order valence-corrected chi connectivity index (χ1v) is 13.7. The lowest BCUT2D eigenvalue weighted by Crippen LogP contribution is -2.35. The van der Waals surface area contributed by atoms with Gasteiger partial charge in [-0.1, -0.05) is 73.9 Å². The van der Waals surface area contributed by atoms with Gasteiger partial charge in [-0.25, -0.2) is 4.68 Å². The van der Waals surface area contributed by atoms with Crippen molar-refractivity contribution in [2.24, 2.45) is 0 Å². The third-order valence-corrected chi connectivity index (χ3v) is 7.80. The van der Waals surface area contributed by atoms with Gasteiger partial charge in [0, 0.05) is 31.0 Å². The van der Waals surface area contributed by atoms with Gasteiger partial charge >= 0.3 is 0 Å². The first-order chi connectivity index (χ1) is 19.2. The number of fused-ring (bicyclic) bond motifs is 1. The smallest absolute Gasteiger partial charge is 0.253 e. The summed E-state index contributed by atoms with van der Waals surface area (Å²) < 4.78 is 1.99. The molecule has 1 N–H and O–H groups in total. The number of H-pyrrole nitrogens is 1. The zero-order valence-electron chi connectivity index (χ0n) is 22.2. The Hall–Kier alpha value is -4.17. The Balaban J connectivity index is 1.53. The van der Waals surface area contributed by atoms with Crippen molar-refractivity contribution < 1.29 is 0 Å². The molecule has 2 aromatic carbocycles. The van der Waals surface area contributed by atoms with Crippen LogP contribution in [0.15, 0.2) is 83.9 Å². The van der Waals surface area contributed by atoms with Gasteiger partial charge in [-0.2, -0.15) is 0 Å². The summed E-state index contributed by atoms with van der Waals surface area (Å²) in [6.07, 6.45) is 9.30. The molecule has 6 rings (SSSR count). The van der Waals surface area contributed by atoms with Crippen LogP contribution < -0.4 is 5.56 Å². The number of aryl methyl sites for hydroxylation is 1. The van der Waals surface area contributed by atoms with Crippen LogP contribution in [0.5, 0.6) is 0 Å². The van der Waals surface area contributed by atoms with E-state index in [9.17, 15) is 4.79 Å². The van der Waals surface area contributed by atoms with E-state index in [-0.39, 0.29) is 11.6 Å². The molecule has 39 heavy (non-hydrogen) atoms. The van der Waals surface area contributed by atoms with E-state index in [2.05, 4.69) is 48.6 Å². The van der Waals surface area contributed by atoms with Gasteiger partial charge in [0.1, 0.15) is 6.04 Å². The van der Waals surface area contributed by atoms with E-state index in [1.807, 2.05) is 66.3 Å². The van der Waals surface area contributed by atoms with E-state index >= 15 is 0 Å². The molecule has 1 fully saturated rings. The quantitative estimate of drug-likeness (QED) is 0.290. The Morgan fingerprint density at radius 3 is 2.56 bits per heavy atom. The van der Waals surface area contributed by atoms with Gasteiger partial charge in [0.25, 0.3) is 5.56 Å². The molecule has 1 atom stereocenters. The highest BCUT2D eigenvalue weighted by atomic mass is 16.1. The summed E-state index contributed by atoms with van der Waals surface area (Å²) in [6, 6.07) is 22.2. The average molecular weight is 520 g/mol. The van der Waals surface area contributed by atoms with Crippen LogP contribution in [0, 0.1) is 6.92 Å². The molecule has 1 aliphatic rings. The molecule has 0 bridgehead atoms. The zero-order valence-corrected chi connectivity index (χ0v) is 22.2. The lowest BCUT2D eigenvalue weighted by atomic mass is 9.95. The summed E-state index contributed by atoms with van der Waals surface area (Å²) >= 11 is 0. The Morgan fingerprint density at radius 2 is 1.77 bits per heavy atom. The van der Waals surface area contributed by atoms with Crippen molar-refractivity contribution in [1.82, 2.24) is 35.1 Å². The van der Waals surface area contributed by atoms with Gasteiger partial charge in [0.2, 0.25) is 0 Å². The summed E-state index contributed by atoms with van der Waals surface area (Å²) in [5.41, 5.74) is 4.62. The van der Waals surface area contributed by atoms with Gasteiger partial charge in [-0.05, 0) is 64.4 Å². The Bertz CT molecular complexity index is 1550. The van der Waals surface area contributed by atoms with Crippen molar-refractivity contribution in [3.63, 3.8) is 0 Å². The molecule has 198 valence electrons. The van der Waals surface area contributed by atoms with E-state index in [0.717, 1.165) is 53.3 Å². The molecule has 3 aromatic heterocycles. The minimum absolute atomic E-state index is 0.121. The molecular weight excluding hydrogens is 486 g/mol. The van der Waals surface area contributed by atoms with Gasteiger partial charge < -0.3 is 4.98 Å². The second-order valence-corrected chi connectivity index (χ2v) is 10.5. The Morgan fingerprint density at radius 1 is 0.974 bits per heavy atom. The molecule has 1 aliphatic carbocycles. The first-order valence-electron chi connectivity index (χ1n) is 13.7. The van der Waals surface area contributed by atoms with Crippen molar-refractivity contribution in [3.05, 3.63) is 118 Å². The molecule has 5 aromatic rings. The van der Waals surface area contributed by atoms with E-state index < -0.39 is 6.04 Å². The molecule has 0 spiro atoms. The standard InChI is InChI=1S/C31H33N7O/c1-22-10-8-14-25-18-27(31(39)33-28(22)25)29(30-34-35-36-38(30)26-15-6-3-7-16-26)37(20-23-11-4-2-5-12-23)21-24-13-9-17-32-19-24/h2,4-5,8-14,17-19,26,29H,3,6-7,15-16,20-21H2,1H3,(H,33,39)/t29-/m0/s1. The number of pyridine rings is 2. The monoisotopic (exact) mass is 519 g/mol. The highest BCUT2D eigenvalue weighted by Gasteiger charge is 2.33. The van der Waals surface area contributed by atoms with Gasteiger partial charge in [-0.15, -0.1) is 5.10 Å². The highest BCUT2D eigenvalue weighted by molar-refractivity contribution is 5.82. The minimum atomic E-state index is -0.462. The van der Waals surface area contributed by atoms with Crippen molar-refractivity contribution in [1.29, 1.82) is 0 Å². The first kappa shape index (κ1) is 25.1. The number of hydrogen-bond donors (Lipinski definition) is 1. The van der Waals surface area contributed by atoms with Crippen LogP contribution >= 0.6 is 0 Å². The maximum Gasteiger partial charge on any atom is 0.253 e. The number of nitrogens with zero attached hydrogens (tertiary/aromatic N) is 6. The molecule has 0 unspecified atom stereocenters. The van der Waals surface area contributed by atoms with Crippen LogP contribution in [0.1, 0.15) is 72.3 Å². The topological polar surface area (TPSA) is 92.6 Å². The number of benzene rings is 2. The van der Waals surface area contributed by atoms with Crippen molar-refractivity contribution in [2.75, 3.05) is 0 Å². The molecule has 8 nitrogen and oxygen atoms in total. The summed E-state index contributed by atoms with van der Waals surface area (Å²) in [6.45, 7) is 3.21. The van der Waals surface area contributed by atoms with Crippen LogP contribution in [0.2, 0.25) is 0 Å². The molecule has 1 saturated carbocycles. The largest absolute Gasteiger partial charge is 0.321 e. The maximum absolute atomic E-state index is 13.8. The normalized spacial score (nSPS) is 15.1. The zero-order chi connectivity index (χ0) is 26.6. The van der Waals surface area contributed by atoms with E-state index in [4.69, 9.17) is 0 Å². The van der Waals surface area contributed by atoms with Crippen LogP contribution in [-0.2, 0) is 13.1 Å². The minimum Gasteiger partial charge on any atom is -0.321 e. The predicted molar refractivity (Wildman–Crippen MR) is 151 cm³/mol. The third kappa shape index (κ3) is 5.38. The lowest BCUT2D eigenvalue weighted by Gasteiger charge is -2.32. The van der Waals surface area contributed by atoms with Crippen LogP contribution in [0.25, 0.3) is 10.9 Å². The number of hydrogen-bond acceptors (Lipinski definition) is 6. The van der Waals surface area contributed by atoms with E-state index in [1.165, 1.54) is 6.42 Å². The average Bonchev–Trinajstić information content (AvgIpc) is 3.45. The molecule has 0 saturated heterocycles. The van der Waals surface area contributed by atoms with Crippen LogP contribution in [0.4, 0.5) is 0 Å². The fourth-order valence-electron chi connectivity index (χ4n) is 5.85. The number of para-hydroxylation sites is 1. The van der Waals surface area contributed by atoms with Crippen molar-refractivity contribution >= 4 is 10.9 Å². The molecule has 3 heterocycles. The number of aromatic amines is 1. The maximum atomic E-state index is 13.8. The lowest BCUT2D eigenvalue weighted by molar-refractivity contribution is 0.186. The molecule has 8 heteroatoms. The van der Waals surface area contributed by atoms with Gasteiger partial charge in [0.05, 0.1) is 11.6 Å². The summed E-state index contributed by atoms with van der Waals surface area (Å²) in [5.74, 6) is 0.708. The summed E-state index contributed by atoms with van der Waals surface area (Å²) in [5, 5.41) is 14.2. The molecule has 0 amide bonds. The molecule has 0 aliphatic heterocycles. The van der Waals surface area contributed by atoms with Crippen LogP contribution in [0.3, 0.4) is 0 Å². The van der Waals surface area contributed by atoms with E-state index in [1.54, 1.807) is 6.20 Å². The molecule has 0 radical (unpaired) electrons. The number of aromatic nitrogens is 6. The van der Waals surface area contributed by atoms with E-state index in [0.29, 0.717) is 24.5 Å². The Kier molecular flexibility index (Phi) is 7.27. The van der Waals surface area contributed by atoms with Gasteiger partial charge in [0.15, 0.2) is 5.82 Å². The molecular formula is C31H33N7O. The number of tetrazole rings is 1. The SMILES string of the molecule is Cc1cccc2cc([C@@H](c3nnnn3C3CCCCC3)N(Cc3ccccc3)Cc3cccnc3)c(=O)[nH]c12. The fourth-order valence-corrected chi connectivity index (χ4v) is 5.85. The van der Waals surface area contributed by atoms with Crippen LogP contribution in [-0.4, -0.2) is 35.1 Å². The summed E-state index contributed by atoms with van der Waals surface area (Å²) in [7, 11) is 0. The second kappa shape index (κ2) is 11.3. The van der Waals surface area contributed by atoms with Gasteiger partial charge in [-0.3, -0.25) is 14.7 Å². The third-order valence-electron chi connectivity index (χ3n) is 7.80. The number of rotatable bonds is 8. The summed E-state index contributed by atoms with van der Waals surface area (Å²) in [4.78, 5) is 23.7. The van der Waals surface area contributed by atoms with Crippen molar-refractivity contribution in [3.8, 4) is 0 Å². The second-order valence-electron chi connectivity index (χ2n) is 10.5. The van der Waals surface area contributed by atoms with Crippen molar-refractivity contribution in [2.45, 2.75) is 64.2 Å².